The molecule has 3 N–H and O–H groups in total. The minimum atomic E-state index is 0.00366. The first-order chi connectivity index (χ1) is 12.2. The van der Waals surface area contributed by atoms with Crippen molar-refractivity contribution in [3.63, 3.8) is 0 Å². The van der Waals surface area contributed by atoms with Gasteiger partial charge in [0.15, 0.2) is 17.5 Å². The van der Waals surface area contributed by atoms with Crippen molar-refractivity contribution in [1.82, 2.24) is 10.6 Å². The van der Waals surface area contributed by atoms with E-state index >= 15 is 0 Å². The molecule has 0 spiro atoms. The molecule has 1 fully saturated rings. The first-order valence-electron chi connectivity index (χ1n) is 8.76. The largest absolute Gasteiger partial charge is 0.454 e. The second kappa shape index (κ2) is 8.40. The van der Waals surface area contributed by atoms with Gasteiger partial charge in [-0.1, -0.05) is 6.07 Å². The summed E-state index contributed by atoms with van der Waals surface area (Å²) in [5, 5.41) is 16.0. The number of aliphatic hydroxyl groups is 1. The third-order valence-electron chi connectivity index (χ3n) is 4.82. The molecule has 1 aromatic rings. The lowest BCUT2D eigenvalue weighted by atomic mass is 9.84. The minimum Gasteiger partial charge on any atom is -0.454 e. The fourth-order valence-corrected chi connectivity index (χ4v) is 3.23. The molecule has 0 amide bonds. The van der Waals surface area contributed by atoms with E-state index in [1.807, 2.05) is 12.1 Å². The summed E-state index contributed by atoms with van der Waals surface area (Å²) in [5.41, 5.74) is 1.19. The maximum absolute atomic E-state index is 9.30. The maximum Gasteiger partial charge on any atom is 0.231 e. The number of hydrogen-bond donors (Lipinski definition) is 3. The van der Waals surface area contributed by atoms with Gasteiger partial charge in [-0.05, 0) is 37.0 Å². The Hall–Kier alpha value is -1.99. The first kappa shape index (κ1) is 17.8. The number of hydrogen-bond acceptors (Lipinski definition) is 5. The average molecular weight is 349 g/mol. The highest BCUT2D eigenvalue weighted by Gasteiger charge is 2.34. The van der Waals surface area contributed by atoms with Crippen LogP contribution in [0.5, 0.6) is 11.5 Å². The quantitative estimate of drug-likeness (QED) is 0.501. The Kier molecular flexibility index (Phi) is 5.99. The van der Waals surface area contributed by atoms with Gasteiger partial charge in [-0.3, -0.25) is 4.99 Å². The van der Waals surface area contributed by atoms with E-state index in [2.05, 4.69) is 21.7 Å². The van der Waals surface area contributed by atoms with Gasteiger partial charge >= 0.3 is 0 Å². The molecule has 3 rings (SSSR count). The molecule has 0 aromatic heterocycles. The predicted molar refractivity (Wildman–Crippen MR) is 95.2 cm³/mol. The number of ether oxygens (including phenoxy) is 3. The summed E-state index contributed by atoms with van der Waals surface area (Å²) in [6.45, 7) is 3.45. The molecule has 0 saturated carbocycles. The van der Waals surface area contributed by atoms with Crippen LogP contribution in [0.4, 0.5) is 0 Å². The zero-order valence-corrected chi connectivity index (χ0v) is 14.7. The third-order valence-corrected chi connectivity index (χ3v) is 4.82. The second-order valence-electron chi connectivity index (χ2n) is 6.57. The van der Waals surface area contributed by atoms with Crippen molar-refractivity contribution >= 4 is 5.96 Å². The highest BCUT2D eigenvalue weighted by atomic mass is 16.7. The summed E-state index contributed by atoms with van der Waals surface area (Å²) in [5.74, 6) is 2.39. The number of benzene rings is 1. The van der Waals surface area contributed by atoms with Crippen LogP contribution >= 0.6 is 0 Å². The van der Waals surface area contributed by atoms with E-state index < -0.39 is 0 Å². The normalized spacial score (nSPS) is 22.2. The van der Waals surface area contributed by atoms with Crippen molar-refractivity contribution < 1.29 is 19.3 Å². The average Bonchev–Trinajstić information content (AvgIpc) is 3.27. The lowest BCUT2D eigenvalue weighted by molar-refractivity contribution is 0.127. The lowest BCUT2D eigenvalue weighted by Gasteiger charge is -2.27. The monoisotopic (exact) mass is 349 g/mol. The standard InChI is InChI=1S/C18H27N3O4/c1-19-17(21-11-18(5-8-22)6-9-23-12-18)20-7-4-14-2-3-15-16(10-14)25-13-24-15/h2-3,10,22H,4-9,11-13H2,1H3,(H2,19,20,21). The van der Waals surface area contributed by atoms with E-state index in [9.17, 15) is 5.11 Å². The van der Waals surface area contributed by atoms with Crippen LogP contribution in [0.2, 0.25) is 0 Å². The maximum atomic E-state index is 9.30. The van der Waals surface area contributed by atoms with E-state index in [1.165, 1.54) is 5.56 Å². The van der Waals surface area contributed by atoms with Gasteiger partial charge in [-0.2, -0.15) is 0 Å². The molecule has 7 nitrogen and oxygen atoms in total. The van der Waals surface area contributed by atoms with E-state index in [-0.39, 0.29) is 12.0 Å². The zero-order chi connectivity index (χ0) is 17.5. The second-order valence-corrected chi connectivity index (χ2v) is 6.57. The van der Waals surface area contributed by atoms with Gasteiger partial charge in [0.25, 0.3) is 0 Å². The fourth-order valence-electron chi connectivity index (χ4n) is 3.23. The Labute approximate surface area is 148 Å². The van der Waals surface area contributed by atoms with Gasteiger partial charge < -0.3 is 30.0 Å². The molecule has 25 heavy (non-hydrogen) atoms. The van der Waals surface area contributed by atoms with Gasteiger partial charge in [-0.25, -0.2) is 0 Å². The van der Waals surface area contributed by atoms with E-state index in [0.29, 0.717) is 13.4 Å². The number of nitrogens with one attached hydrogen (secondary N) is 2. The first-order valence-corrected chi connectivity index (χ1v) is 8.76. The Bertz CT molecular complexity index is 600. The number of fused-ring (bicyclic) bond motifs is 1. The van der Waals surface area contributed by atoms with Crippen molar-refractivity contribution in [3.8, 4) is 11.5 Å². The van der Waals surface area contributed by atoms with Crippen molar-refractivity contribution in [2.75, 3.05) is 46.8 Å². The van der Waals surface area contributed by atoms with E-state index in [0.717, 1.165) is 56.4 Å². The zero-order valence-electron chi connectivity index (χ0n) is 14.7. The van der Waals surface area contributed by atoms with Gasteiger partial charge in [0.05, 0.1) is 6.61 Å². The molecular weight excluding hydrogens is 322 g/mol. The molecule has 0 aliphatic carbocycles. The highest BCUT2D eigenvalue weighted by Crippen LogP contribution is 2.32. The summed E-state index contributed by atoms with van der Waals surface area (Å²) in [4.78, 5) is 4.28. The van der Waals surface area contributed by atoms with Crippen LogP contribution in [0.15, 0.2) is 23.2 Å². The molecule has 1 saturated heterocycles. The minimum absolute atomic E-state index is 0.00366. The molecule has 7 heteroatoms. The van der Waals surface area contributed by atoms with Gasteiger partial charge in [0.2, 0.25) is 6.79 Å². The Morgan fingerprint density at radius 2 is 2.16 bits per heavy atom. The molecule has 1 atom stereocenters. The lowest BCUT2D eigenvalue weighted by Crippen LogP contribution is -2.45. The summed E-state index contributed by atoms with van der Waals surface area (Å²) < 4.78 is 16.3. The van der Waals surface area contributed by atoms with E-state index in [4.69, 9.17) is 14.2 Å². The summed E-state index contributed by atoms with van der Waals surface area (Å²) >= 11 is 0. The Morgan fingerprint density at radius 1 is 1.28 bits per heavy atom. The molecule has 138 valence electrons. The highest BCUT2D eigenvalue weighted by molar-refractivity contribution is 5.79. The molecule has 0 radical (unpaired) electrons. The van der Waals surface area contributed by atoms with Crippen LogP contribution in [0.1, 0.15) is 18.4 Å². The van der Waals surface area contributed by atoms with Crippen LogP contribution in [-0.4, -0.2) is 57.8 Å². The molecular formula is C18H27N3O4. The summed E-state index contributed by atoms with van der Waals surface area (Å²) in [6.07, 6.45) is 2.57. The molecule has 2 aliphatic rings. The van der Waals surface area contributed by atoms with Gasteiger partial charge in [-0.15, -0.1) is 0 Å². The number of aliphatic imine (C=N–C) groups is 1. The van der Waals surface area contributed by atoms with E-state index in [1.54, 1.807) is 7.05 Å². The van der Waals surface area contributed by atoms with Crippen molar-refractivity contribution in [3.05, 3.63) is 23.8 Å². The van der Waals surface area contributed by atoms with Crippen molar-refractivity contribution in [1.29, 1.82) is 0 Å². The number of rotatable bonds is 7. The predicted octanol–water partition coefficient (Wildman–Crippen LogP) is 0.912. The van der Waals surface area contributed by atoms with Crippen molar-refractivity contribution in [2.24, 2.45) is 10.4 Å². The molecule has 1 unspecified atom stereocenters. The molecule has 1 aromatic carbocycles. The summed E-state index contributed by atoms with van der Waals surface area (Å²) in [7, 11) is 1.76. The van der Waals surface area contributed by atoms with Crippen LogP contribution in [0, 0.1) is 5.41 Å². The van der Waals surface area contributed by atoms with Crippen LogP contribution < -0.4 is 20.1 Å². The number of aliphatic hydroxyl groups excluding tert-OH is 1. The SMILES string of the molecule is CN=C(NCCc1ccc2c(c1)OCO2)NCC1(CCO)CCOC1. The van der Waals surface area contributed by atoms with Gasteiger partial charge in [0, 0.05) is 38.8 Å². The smallest absolute Gasteiger partial charge is 0.231 e. The summed E-state index contributed by atoms with van der Waals surface area (Å²) in [6, 6.07) is 6.02. The molecule has 2 heterocycles. The van der Waals surface area contributed by atoms with Crippen LogP contribution in [-0.2, 0) is 11.2 Å². The number of guanidine groups is 1. The van der Waals surface area contributed by atoms with Crippen molar-refractivity contribution in [2.45, 2.75) is 19.3 Å². The Morgan fingerprint density at radius 3 is 2.92 bits per heavy atom. The number of nitrogens with zero attached hydrogens (tertiary/aromatic N) is 1. The van der Waals surface area contributed by atoms with Gasteiger partial charge in [0.1, 0.15) is 0 Å². The third kappa shape index (κ3) is 4.55. The van der Waals surface area contributed by atoms with Crippen LogP contribution in [0.25, 0.3) is 0 Å². The molecule has 0 bridgehead atoms. The van der Waals surface area contributed by atoms with Crippen LogP contribution in [0.3, 0.4) is 0 Å². The topological polar surface area (TPSA) is 84.3 Å². The fraction of sp³-hybridized carbons (Fsp3) is 0.611. The Balaban J connectivity index is 1.45. The molecule has 2 aliphatic heterocycles.